The Hall–Kier alpha value is -0.900. The van der Waals surface area contributed by atoms with Crippen molar-refractivity contribution in [2.75, 3.05) is 0 Å². The lowest BCUT2D eigenvalue weighted by molar-refractivity contribution is 0.193. The van der Waals surface area contributed by atoms with Gasteiger partial charge < -0.3 is 10.3 Å². The van der Waals surface area contributed by atoms with Gasteiger partial charge in [-0.1, -0.05) is 38.8 Å². The molecule has 1 heterocycles. The maximum atomic E-state index is 6.61. The van der Waals surface area contributed by atoms with Gasteiger partial charge in [-0.3, -0.25) is 0 Å². The molecule has 106 valence electrons. The first-order valence-corrected chi connectivity index (χ1v) is 7.52. The second-order valence-corrected chi connectivity index (χ2v) is 7.52. The average Bonchev–Trinajstić information content (AvgIpc) is 3.03. The first-order valence-electron chi connectivity index (χ1n) is 7.52. The summed E-state index contributed by atoms with van der Waals surface area (Å²) in [4.78, 5) is 4.59. The monoisotopic (exact) mass is 263 g/mol. The summed E-state index contributed by atoms with van der Waals surface area (Å²) >= 11 is 0. The standard InChI is InChI=1S/C15H25N3O/c1-14(2,3)13-17-12(18-19-13)15(16)8-4-5-11(9-15)10-6-7-10/h10-11H,4-9,16H2,1-3H3. The molecule has 1 aromatic rings. The fourth-order valence-corrected chi connectivity index (χ4v) is 3.26. The number of nitrogens with zero attached hydrogens (tertiary/aromatic N) is 2. The third kappa shape index (κ3) is 2.55. The van der Waals surface area contributed by atoms with E-state index < -0.39 is 0 Å². The lowest BCUT2D eigenvalue weighted by atomic mass is 9.74. The molecule has 0 aromatic carbocycles. The molecule has 2 fully saturated rings. The van der Waals surface area contributed by atoms with E-state index in [9.17, 15) is 0 Å². The minimum Gasteiger partial charge on any atom is -0.339 e. The minimum atomic E-state index is -0.363. The van der Waals surface area contributed by atoms with E-state index in [2.05, 4.69) is 30.9 Å². The fourth-order valence-electron chi connectivity index (χ4n) is 3.26. The molecule has 19 heavy (non-hydrogen) atoms. The molecule has 2 aliphatic rings. The van der Waals surface area contributed by atoms with Crippen LogP contribution in [0.5, 0.6) is 0 Å². The van der Waals surface area contributed by atoms with Gasteiger partial charge in [0.2, 0.25) is 5.89 Å². The molecule has 4 heteroatoms. The van der Waals surface area contributed by atoms with E-state index in [1.54, 1.807) is 0 Å². The van der Waals surface area contributed by atoms with Crippen molar-refractivity contribution in [3.8, 4) is 0 Å². The number of nitrogens with two attached hydrogens (primary N) is 1. The molecule has 2 saturated carbocycles. The third-order valence-electron chi connectivity index (χ3n) is 4.63. The molecule has 4 nitrogen and oxygen atoms in total. The van der Waals surface area contributed by atoms with Crippen LogP contribution in [0.4, 0.5) is 0 Å². The molecule has 2 atom stereocenters. The molecule has 1 aromatic heterocycles. The smallest absolute Gasteiger partial charge is 0.232 e. The Morgan fingerprint density at radius 3 is 2.53 bits per heavy atom. The zero-order valence-corrected chi connectivity index (χ0v) is 12.3. The van der Waals surface area contributed by atoms with Gasteiger partial charge in [0.25, 0.3) is 0 Å². The van der Waals surface area contributed by atoms with Crippen LogP contribution in [0.3, 0.4) is 0 Å². The fraction of sp³-hybridized carbons (Fsp3) is 0.867. The molecule has 2 aliphatic carbocycles. The van der Waals surface area contributed by atoms with Crippen molar-refractivity contribution < 1.29 is 4.52 Å². The maximum absolute atomic E-state index is 6.61. The van der Waals surface area contributed by atoms with Crippen molar-refractivity contribution >= 4 is 0 Å². The molecule has 0 bridgehead atoms. The van der Waals surface area contributed by atoms with Crippen LogP contribution in [0.25, 0.3) is 0 Å². The Bertz CT molecular complexity index is 458. The number of hydrogen-bond donors (Lipinski definition) is 1. The Kier molecular flexibility index (Phi) is 2.97. The second kappa shape index (κ2) is 4.30. The SMILES string of the molecule is CC(C)(C)c1nc(C2(N)CCCC(C3CC3)C2)no1. The third-order valence-corrected chi connectivity index (χ3v) is 4.63. The lowest BCUT2D eigenvalue weighted by Gasteiger charge is -2.35. The maximum Gasteiger partial charge on any atom is 0.232 e. The summed E-state index contributed by atoms with van der Waals surface area (Å²) in [5, 5.41) is 4.18. The van der Waals surface area contributed by atoms with Gasteiger partial charge in [0, 0.05) is 5.41 Å². The summed E-state index contributed by atoms with van der Waals surface area (Å²) in [7, 11) is 0. The predicted octanol–water partition coefficient (Wildman–Crippen LogP) is 3.12. The van der Waals surface area contributed by atoms with E-state index in [0.717, 1.165) is 30.5 Å². The van der Waals surface area contributed by atoms with Crippen LogP contribution < -0.4 is 5.73 Å². The van der Waals surface area contributed by atoms with Crippen molar-refractivity contribution in [2.45, 2.75) is 70.3 Å². The van der Waals surface area contributed by atoms with Gasteiger partial charge in [0.1, 0.15) is 0 Å². The lowest BCUT2D eigenvalue weighted by Crippen LogP contribution is -2.43. The highest BCUT2D eigenvalue weighted by molar-refractivity contribution is 5.10. The van der Waals surface area contributed by atoms with Crippen LogP contribution in [-0.4, -0.2) is 10.1 Å². The zero-order valence-electron chi connectivity index (χ0n) is 12.3. The topological polar surface area (TPSA) is 64.9 Å². The molecule has 0 aliphatic heterocycles. The Morgan fingerprint density at radius 1 is 1.21 bits per heavy atom. The molecule has 2 N–H and O–H groups in total. The summed E-state index contributed by atoms with van der Waals surface area (Å²) in [6.45, 7) is 6.25. The van der Waals surface area contributed by atoms with E-state index in [-0.39, 0.29) is 11.0 Å². The Balaban J connectivity index is 1.81. The molecule has 3 rings (SSSR count). The van der Waals surface area contributed by atoms with Crippen LogP contribution in [0.15, 0.2) is 4.52 Å². The highest BCUT2D eigenvalue weighted by Crippen LogP contribution is 2.48. The molecule has 0 spiro atoms. The van der Waals surface area contributed by atoms with Gasteiger partial charge in [0.15, 0.2) is 5.82 Å². The van der Waals surface area contributed by atoms with E-state index in [4.69, 9.17) is 10.3 Å². The van der Waals surface area contributed by atoms with Crippen LogP contribution in [0.1, 0.15) is 71.0 Å². The molecule has 0 amide bonds. The van der Waals surface area contributed by atoms with Gasteiger partial charge in [-0.2, -0.15) is 4.98 Å². The van der Waals surface area contributed by atoms with E-state index in [1.807, 2.05) is 0 Å². The Labute approximate surface area is 115 Å². The largest absolute Gasteiger partial charge is 0.339 e. The Morgan fingerprint density at radius 2 is 1.95 bits per heavy atom. The number of hydrogen-bond acceptors (Lipinski definition) is 4. The van der Waals surface area contributed by atoms with Gasteiger partial charge in [-0.15, -0.1) is 0 Å². The molecular formula is C15H25N3O. The predicted molar refractivity (Wildman–Crippen MR) is 73.5 cm³/mol. The summed E-state index contributed by atoms with van der Waals surface area (Å²) in [5.41, 5.74) is 6.14. The van der Waals surface area contributed by atoms with Crippen LogP contribution in [-0.2, 0) is 11.0 Å². The number of rotatable bonds is 2. The highest BCUT2D eigenvalue weighted by Gasteiger charge is 2.43. The van der Waals surface area contributed by atoms with Crippen molar-refractivity contribution in [2.24, 2.45) is 17.6 Å². The van der Waals surface area contributed by atoms with Crippen LogP contribution >= 0.6 is 0 Å². The van der Waals surface area contributed by atoms with Gasteiger partial charge in [0.05, 0.1) is 5.54 Å². The first kappa shape index (κ1) is 13.1. The number of aromatic nitrogens is 2. The second-order valence-electron chi connectivity index (χ2n) is 7.52. The molecule has 0 saturated heterocycles. The van der Waals surface area contributed by atoms with Gasteiger partial charge in [-0.05, 0) is 37.5 Å². The van der Waals surface area contributed by atoms with Crippen molar-refractivity contribution in [3.63, 3.8) is 0 Å². The van der Waals surface area contributed by atoms with E-state index >= 15 is 0 Å². The van der Waals surface area contributed by atoms with Gasteiger partial charge in [-0.25, -0.2) is 0 Å². The highest BCUT2D eigenvalue weighted by atomic mass is 16.5. The van der Waals surface area contributed by atoms with Crippen molar-refractivity contribution in [1.82, 2.24) is 10.1 Å². The molecule has 2 unspecified atom stereocenters. The summed E-state index contributed by atoms with van der Waals surface area (Å²) < 4.78 is 5.42. The molecular weight excluding hydrogens is 238 g/mol. The first-order chi connectivity index (χ1) is 8.88. The van der Waals surface area contributed by atoms with E-state index in [0.29, 0.717) is 5.89 Å². The summed E-state index contributed by atoms with van der Waals surface area (Å²) in [5.74, 6) is 3.11. The zero-order chi connectivity index (χ0) is 13.7. The van der Waals surface area contributed by atoms with Gasteiger partial charge >= 0.3 is 0 Å². The quantitative estimate of drug-likeness (QED) is 0.890. The van der Waals surface area contributed by atoms with E-state index in [1.165, 1.54) is 25.7 Å². The minimum absolute atomic E-state index is 0.105. The normalized spacial score (nSPS) is 32.5. The van der Waals surface area contributed by atoms with Crippen LogP contribution in [0.2, 0.25) is 0 Å². The summed E-state index contributed by atoms with van der Waals surface area (Å²) in [6, 6.07) is 0. The average molecular weight is 263 g/mol. The summed E-state index contributed by atoms with van der Waals surface area (Å²) in [6.07, 6.45) is 7.31. The molecule has 0 radical (unpaired) electrons. The van der Waals surface area contributed by atoms with Crippen molar-refractivity contribution in [1.29, 1.82) is 0 Å². The van der Waals surface area contributed by atoms with Crippen LogP contribution in [0, 0.1) is 11.8 Å². The van der Waals surface area contributed by atoms with Crippen molar-refractivity contribution in [3.05, 3.63) is 11.7 Å².